The Morgan fingerprint density at radius 1 is 0.735 bits per heavy atom. The Hall–Kier alpha value is -4.31. The van der Waals surface area contributed by atoms with Gasteiger partial charge in [-0.05, 0) is 80.5 Å². The van der Waals surface area contributed by atoms with Gasteiger partial charge in [0.15, 0.2) is 5.75 Å². The molecule has 0 spiro atoms. The lowest BCUT2D eigenvalue weighted by molar-refractivity contribution is -0.208. The Labute approximate surface area is 291 Å². The van der Waals surface area contributed by atoms with Crippen molar-refractivity contribution < 1.29 is 48.2 Å². The minimum atomic E-state index is -0.491. The average molecular weight is 683 g/mol. The van der Waals surface area contributed by atoms with Crippen LogP contribution >= 0.6 is 0 Å². The fourth-order valence-electron chi connectivity index (χ4n) is 4.91. The van der Waals surface area contributed by atoms with Crippen LogP contribution < -0.4 is 9.62 Å². The predicted octanol–water partition coefficient (Wildman–Crippen LogP) is 8.49. The maximum atomic E-state index is 12.6. The number of ether oxygens (including phenoxy) is 4. The van der Waals surface area contributed by atoms with Crippen LogP contribution in [0.1, 0.15) is 112 Å². The van der Waals surface area contributed by atoms with Gasteiger partial charge in [0, 0.05) is 11.6 Å². The van der Waals surface area contributed by atoms with Gasteiger partial charge in [-0.25, -0.2) is 14.4 Å². The topological polar surface area (TPSA) is 127 Å². The van der Waals surface area contributed by atoms with Crippen molar-refractivity contribution in [3.63, 3.8) is 0 Å². The molecule has 0 saturated carbocycles. The lowest BCUT2D eigenvalue weighted by atomic mass is 10.0. The maximum Gasteiger partial charge on any atom is 0.341 e. The van der Waals surface area contributed by atoms with Gasteiger partial charge in [0.2, 0.25) is 5.75 Å². The summed E-state index contributed by atoms with van der Waals surface area (Å²) in [7, 11) is 2.85. The number of hydrogen-bond donors (Lipinski definition) is 1. The molecule has 0 amide bonds. The van der Waals surface area contributed by atoms with Crippen molar-refractivity contribution in [1.82, 2.24) is 0 Å². The smallest absolute Gasteiger partial charge is 0.341 e. The summed E-state index contributed by atoms with van der Waals surface area (Å²) in [5.41, 5.74) is 2.38. The van der Waals surface area contributed by atoms with Crippen molar-refractivity contribution in [2.24, 2.45) is 0 Å². The molecule has 0 saturated heterocycles. The first-order valence-corrected chi connectivity index (χ1v) is 17.3. The van der Waals surface area contributed by atoms with Crippen molar-refractivity contribution in [3.8, 4) is 17.2 Å². The molecule has 0 radical (unpaired) electrons. The van der Waals surface area contributed by atoms with Gasteiger partial charge in [-0.15, -0.1) is 0 Å². The number of esters is 3. The van der Waals surface area contributed by atoms with Crippen molar-refractivity contribution in [2.45, 2.75) is 96.8 Å². The monoisotopic (exact) mass is 682 g/mol. The number of benzene rings is 2. The van der Waals surface area contributed by atoms with E-state index in [2.05, 4.69) is 11.3 Å². The van der Waals surface area contributed by atoms with Crippen LogP contribution in [0.4, 0.5) is 0 Å². The standard InChI is InChI=1S/C39H54O10/c1-30(2)38(42)46-25-15-11-8-6-5-7-9-12-16-26-47-39(43)33-28-31(19-22-34(33)40)18-14-10-13-17-27-48-49-35-23-20-32(29-36(35)44-3)21-24-37(41)45-4/h19-24,28-29,40H,1,5-18,25-27H2,2-4H3. The molecule has 49 heavy (non-hydrogen) atoms. The summed E-state index contributed by atoms with van der Waals surface area (Å²) in [6.07, 6.45) is 16.8. The molecule has 1 N–H and O–H groups in total. The van der Waals surface area contributed by atoms with Gasteiger partial charge in [-0.2, -0.15) is 4.89 Å². The summed E-state index contributed by atoms with van der Waals surface area (Å²) in [6.45, 7) is 6.43. The van der Waals surface area contributed by atoms with E-state index in [-0.39, 0.29) is 17.3 Å². The van der Waals surface area contributed by atoms with Gasteiger partial charge in [0.1, 0.15) is 11.3 Å². The number of phenols is 1. The highest BCUT2D eigenvalue weighted by Gasteiger charge is 2.14. The Morgan fingerprint density at radius 3 is 1.98 bits per heavy atom. The molecule has 0 aliphatic rings. The third-order valence-corrected chi connectivity index (χ3v) is 7.78. The zero-order chi connectivity index (χ0) is 35.7. The van der Waals surface area contributed by atoms with Gasteiger partial charge in [-0.1, -0.05) is 76.5 Å². The maximum absolute atomic E-state index is 12.6. The number of aromatic hydroxyl groups is 1. The highest BCUT2D eigenvalue weighted by molar-refractivity contribution is 5.92. The van der Waals surface area contributed by atoms with E-state index in [0.717, 1.165) is 94.6 Å². The largest absolute Gasteiger partial charge is 0.507 e. The van der Waals surface area contributed by atoms with Gasteiger partial charge >= 0.3 is 17.9 Å². The summed E-state index contributed by atoms with van der Waals surface area (Å²) in [5.74, 6) is -0.393. The molecule has 0 aliphatic carbocycles. The number of aryl methyl sites for hydroxylation is 1. The molecule has 270 valence electrons. The molecule has 0 heterocycles. The van der Waals surface area contributed by atoms with Crippen molar-refractivity contribution in [3.05, 3.63) is 71.3 Å². The molecular weight excluding hydrogens is 628 g/mol. The molecule has 2 rings (SSSR count). The van der Waals surface area contributed by atoms with E-state index in [0.29, 0.717) is 36.9 Å². The molecule has 0 aliphatic heterocycles. The molecule has 10 heteroatoms. The van der Waals surface area contributed by atoms with Gasteiger partial charge < -0.3 is 28.9 Å². The normalized spacial score (nSPS) is 10.9. The first-order valence-electron chi connectivity index (χ1n) is 17.3. The average Bonchev–Trinajstić information content (AvgIpc) is 3.10. The predicted molar refractivity (Wildman–Crippen MR) is 189 cm³/mol. The minimum absolute atomic E-state index is 0.0659. The van der Waals surface area contributed by atoms with E-state index in [1.165, 1.54) is 26.7 Å². The van der Waals surface area contributed by atoms with Crippen LogP contribution in [0.25, 0.3) is 6.08 Å². The van der Waals surface area contributed by atoms with Crippen LogP contribution in [-0.4, -0.2) is 57.1 Å². The van der Waals surface area contributed by atoms with E-state index in [9.17, 15) is 19.5 Å². The fraction of sp³-hybridized carbons (Fsp3) is 0.513. The minimum Gasteiger partial charge on any atom is -0.507 e. The number of rotatable bonds is 26. The van der Waals surface area contributed by atoms with Crippen molar-refractivity contribution in [2.75, 3.05) is 34.0 Å². The van der Waals surface area contributed by atoms with Gasteiger partial charge in [0.05, 0.1) is 34.0 Å². The molecule has 2 aromatic rings. The van der Waals surface area contributed by atoms with Crippen LogP contribution in [0.2, 0.25) is 0 Å². The zero-order valence-corrected chi connectivity index (χ0v) is 29.5. The third-order valence-electron chi connectivity index (χ3n) is 7.78. The molecule has 0 bridgehead atoms. The Kier molecular flexibility index (Phi) is 20.7. The fourth-order valence-corrected chi connectivity index (χ4v) is 4.91. The number of unbranched alkanes of at least 4 members (excludes halogenated alkanes) is 11. The molecule has 10 nitrogen and oxygen atoms in total. The number of hydrogen-bond acceptors (Lipinski definition) is 10. The molecule has 0 fully saturated rings. The quantitative estimate of drug-likeness (QED) is 0.0258. The van der Waals surface area contributed by atoms with Crippen molar-refractivity contribution in [1.29, 1.82) is 0 Å². The summed E-state index contributed by atoms with van der Waals surface area (Å²) >= 11 is 0. The molecule has 0 unspecified atom stereocenters. The van der Waals surface area contributed by atoms with Crippen LogP contribution in [0.15, 0.2) is 54.6 Å². The van der Waals surface area contributed by atoms with E-state index in [1.54, 1.807) is 43.3 Å². The van der Waals surface area contributed by atoms with E-state index in [1.807, 2.05) is 6.07 Å². The summed E-state index contributed by atoms with van der Waals surface area (Å²) < 4.78 is 20.5. The Morgan fingerprint density at radius 2 is 1.35 bits per heavy atom. The second kappa shape index (κ2) is 24.8. The number of phenolic OH excluding ortho intramolecular Hbond substituents is 1. The lowest BCUT2D eigenvalue weighted by Gasteiger charge is -2.10. The SMILES string of the molecule is C=C(C)C(=O)OCCCCCCCCCCCOC(=O)c1cc(CCCCCCOOc2ccc(C=CC(=O)OC)cc2OC)ccc1O. The van der Waals surface area contributed by atoms with Crippen molar-refractivity contribution >= 4 is 24.0 Å². The van der Waals surface area contributed by atoms with E-state index < -0.39 is 11.9 Å². The summed E-state index contributed by atoms with van der Waals surface area (Å²) in [5, 5.41) is 10.2. The highest BCUT2D eigenvalue weighted by Crippen LogP contribution is 2.29. The highest BCUT2D eigenvalue weighted by atomic mass is 17.2. The summed E-state index contributed by atoms with van der Waals surface area (Å²) in [6, 6.07) is 10.3. The molecule has 0 atom stereocenters. The first kappa shape index (κ1) is 40.9. The van der Waals surface area contributed by atoms with Crippen LogP contribution in [0, 0.1) is 0 Å². The molecular formula is C39H54O10. The van der Waals surface area contributed by atoms with E-state index >= 15 is 0 Å². The van der Waals surface area contributed by atoms with Gasteiger partial charge in [0.25, 0.3) is 0 Å². The summed E-state index contributed by atoms with van der Waals surface area (Å²) in [4.78, 5) is 46.0. The van der Waals surface area contributed by atoms with Crippen LogP contribution in [0.3, 0.4) is 0 Å². The number of carbonyl (C=O) groups is 3. The Balaban J connectivity index is 1.53. The lowest BCUT2D eigenvalue weighted by Crippen LogP contribution is -2.07. The molecule has 2 aromatic carbocycles. The Bertz CT molecular complexity index is 1330. The first-order chi connectivity index (χ1) is 23.7. The van der Waals surface area contributed by atoms with Gasteiger partial charge in [-0.3, -0.25) is 0 Å². The zero-order valence-electron chi connectivity index (χ0n) is 29.5. The van der Waals surface area contributed by atoms with Crippen LogP contribution in [0.5, 0.6) is 17.2 Å². The molecule has 0 aromatic heterocycles. The number of methoxy groups -OCH3 is 2. The second-order valence-corrected chi connectivity index (χ2v) is 11.9. The third kappa shape index (κ3) is 17.6. The van der Waals surface area contributed by atoms with E-state index in [4.69, 9.17) is 24.0 Å². The number of carbonyl (C=O) groups excluding carboxylic acids is 3. The second-order valence-electron chi connectivity index (χ2n) is 11.9. The van der Waals surface area contributed by atoms with Crippen LogP contribution in [-0.2, 0) is 35.1 Å².